The van der Waals surface area contributed by atoms with Crippen molar-refractivity contribution in [3.8, 4) is 5.75 Å². The molecule has 1 aromatic carbocycles. The molecule has 1 N–H and O–H groups in total. The Bertz CT molecular complexity index is 575. The van der Waals surface area contributed by atoms with Crippen LogP contribution in [0.5, 0.6) is 5.75 Å². The van der Waals surface area contributed by atoms with Gasteiger partial charge < -0.3 is 9.84 Å². The minimum Gasteiger partial charge on any atom is -0.508 e. The van der Waals surface area contributed by atoms with Crippen LogP contribution in [0.4, 0.5) is 0 Å². The topological polar surface area (TPSA) is 63.6 Å². The number of hydrogen-bond acceptors (Lipinski definition) is 4. The molecule has 4 nitrogen and oxygen atoms in total. The molecule has 4 heteroatoms. The van der Waals surface area contributed by atoms with E-state index in [0.717, 1.165) is 18.4 Å². The largest absolute Gasteiger partial charge is 0.508 e. The summed E-state index contributed by atoms with van der Waals surface area (Å²) in [7, 11) is 1.34. The number of benzene rings is 1. The molecule has 0 heterocycles. The molecule has 0 aromatic heterocycles. The van der Waals surface area contributed by atoms with Gasteiger partial charge >= 0.3 is 5.97 Å². The van der Waals surface area contributed by atoms with E-state index < -0.39 is 0 Å². The molecule has 0 spiro atoms. The number of ketones is 1. The summed E-state index contributed by atoms with van der Waals surface area (Å²) in [6.07, 6.45) is 12.1. The summed E-state index contributed by atoms with van der Waals surface area (Å²) in [6.45, 7) is 2.20. The zero-order valence-corrected chi connectivity index (χ0v) is 15.4. The number of ether oxygens (including phenoxy) is 1. The summed E-state index contributed by atoms with van der Waals surface area (Å²) >= 11 is 0. The van der Waals surface area contributed by atoms with Crippen molar-refractivity contribution in [1.29, 1.82) is 0 Å². The molecular weight excluding hydrogens is 316 g/mol. The maximum Gasteiger partial charge on any atom is 0.305 e. The lowest BCUT2D eigenvalue weighted by Crippen LogP contribution is -2.05. The quantitative estimate of drug-likeness (QED) is 0.317. The van der Waals surface area contributed by atoms with E-state index in [2.05, 4.69) is 17.7 Å². The molecule has 25 heavy (non-hydrogen) atoms. The average Bonchev–Trinajstić information content (AvgIpc) is 2.60. The minimum absolute atomic E-state index is 0.0218. The van der Waals surface area contributed by atoms with E-state index in [0.29, 0.717) is 12.0 Å². The molecule has 0 aliphatic rings. The van der Waals surface area contributed by atoms with Crippen molar-refractivity contribution < 1.29 is 19.4 Å². The Morgan fingerprint density at radius 3 is 2.56 bits per heavy atom. The van der Waals surface area contributed by atoms with Gasteiger partial charge in [0.25, 0.3) is 0 Å². The van der Waals surface area contributed by atoms with Gasteiger partial charge in [-0.25, -0.2) is 0 Å². The predicted octanol–water partition coefficient (Wildman–Crippen LogP) is 5.29. The van der Waals surface area contributed by atoms with E-state index in [1.165, 1.54) is 38.9 Å². The summed E-state index contributed by atoms with van der Waals surface area (Å²) in [5.41, 5.74) is 1.32. The summed E-state index contributed by atoms with van der Waals surface area (Å²) in [4.78, 5) is 23.5. The summed E-state index contributed by atoms with van der Waals surface area (Å²) in [6, 6.07) is 4.79. The van der Waals surface area contributed by atoms with E-state index in [-0.39, 0.29) is 30.3 Å². The zero-order valence-electron chi connectivity index (χ0n) is 15.4. The molecule has 0 unspecified atom stereocenters. The lowest BCUT2D eigenvalue weighted by atomic mass is 9.98. The Morgan fingerprint density at radius 1 is 1.08 bits per heavy atom. The van der Waals surface area contributed by atoms with Gasteiger partial charge in [0.1, 0.15) is 5.75 Å². The fraction of sp³-hybridized carbons (Fsp3) is 0.524. The Balaban J connectivity index is 2.59. The fourth-order valence-electron chi connectivity index (χ4n) is 2.65. The molecule has 0 atom stereocenters. The normalized spacial score (nSPS) is 11.0. The fourth-order valence-corrected chi connectivity index (χ4v) is 2.65. The number of methoxy groups -OCH3 is 1. The second kappa shape index (κ2) is 12.3. The molecule has 1 aromatic rings. The lowest BCUT2D eigenvalue weighted by molar-refractivity contribution is -0.140. The van der Waals surface area contributed by atoms with Gasteiger partial charge in [0.2, 0.25) is 0 Å². The maximum atomic E-state index is 12.4. The predicted molar refractivity (Wildman–Crippen MR) is 101 cm³/mol. The molecule has 0 saturated carbocycles. The number of carbonyl (C=O) groups excluding carboxylic acids is 2. The highest BCUT2D eigenvalue weighted by Crippen LogP contribution is 2.21. The number of unbranched alkanes of at least 4 members (excludes halogenated alkanes) is 5. The maximum absolute atomic E-state index is 12.4. The first-order valence-corrected chi connectivity index (χ1v) is 9.18. The molecule has 0 saturated heterocycles. The number of esters is 1. The van der Waals surface area contributed by atoms with Crippen LogP contribution in [0.15, 0.2) is 24.3 Å². The number of hydrogen-bond donors (Lipinski definition) is 1. The van der Waals surface area contributed by atoms with Crippen molar-refractivity contribution in [1.82, 2.24) is 0 Å². The first kappa shape index (κ1) is 20.9. The highest BCUT2D eigenvalue weighted by molar-refractivity contribution is 5.99. The van der Waals surface area contributed by atoms with Crippen molar-refractivity contribution in [3.63, 3.8) is 0 Å². The van der Waals surface area contributed by atoms with Crippen LogP contribution in [-0.2, 0) is 9.53 Å². The standard InChI is InChI=1S/C21H30O4/c1-3-4-5-6-7-8-9-11-17-16-18(22)14-15-19(17)20(23)12-10-13-21(24)25-2/h9,11,14-16,22H,3-8,10,12-13H2,1-2H3/b11-9+. The van der Waals surface area contributed by atoms with Crippen molar-refractivity contribution in [2.24, 2.45) is 0 Å². The number of allylic oxidation sites excluding steroid dienone is 1. The molecular formula is C21H30O4. The average molecular weight is 346 g/mol. The summed E-state index contributed by atoms with van der Waals surface area (Å²) in [5.74, 6) is -0.179. The van der Waals surface area contributed by atoms with Gasteiger partial charge in [0.05, 0.1) is 7.11 Å². The first-order valence-electron chi connectivity index (χ1n) is 9.18. The van der Waals surface area contributed by atoms with Crippen molar-refractivity contribution >= 4 is 17.8 Å². The van der Waals surface area contributed by atoms with Gasteiger partial charge in [-0.05, 0) is 43.0 Å². The van der Waals surface area contributed by atoms with Crippen LogP contribution in [0.3, 0.4) is 0 Å². The van der Waals surface area contributed by atoms with Crippen LogP contribution < -0.4 is 0 Å². The van der Waals surface area contributed by atoms with Crippen LogP contribution in [0, 0.1) is 0 Å². The molecule has 1 rings (SSSR count). The molecule has 0 aliphatic heterocycles. The van der Waals surface area contributed by atoms with Gasteiger partial charge in [-0.15, -0.1) is 0 Å². The van der Waals surface area contributed by atoms with Gasteiger partial charge in [-0.3, -0.25) is 9.59 Å². The Morgan fingerprint density at radius 2 is 1.84 bits per heavy atom. The van der Waals surface area contributed by atoms with E-state index in [4.69, 9.17) is 0 Å². The lowest BCUT2D eigenvalue weighted by Gasteiger charge is -2.06. The number of phenols is 1. The van der Waals surface area contributed by atoms with Crippen LogP contribution >= 0.6 is 0 Å². The van der Waals surface area contributed by atoms with Crippen LogP contribution in [0.1, 0.15) is 80.6 Å². The van der Waals surface area contributed by atoms with Crippen molar-refractivity contribution in [2.45, 2.75) is 64.7 Å². The minimum atomic E-state index is -0.304. The summed E-state index contributed by atoms with van der Waals surface area (Å²) in [5, 5.41) is 9.69. The number of carbonyl (C=O) groups is 2. The highest BCUT2D eigenvalue weighted by Gasteiger charge is 2.11. The van der Waals surface area contributed by atoms with Crippen LogP contribution in [0.25, 0.3) is 6.08 Å². The van der Waals surface area contributed by atoms with Crippen LogP contribution in [0.2, 0.25) is 0 Å². The van der Waals surface area contributed by atoms with Gasteiger partial charge in [0.15, 0.2) is 5.78 Å². The Labute approximate surface area is 150 Å². The monoisotopic (exact) mass is 346 g/mol. The Hall–Kier alpha value is -2.10. The number of rotatable bonds is 12. The number of phenolic OH excluding ortho intramolecular Hbond substituents is 1. The van der Waals surface area contributed by atoms with E-state index in [1.54, 1.807) is 12.1 Å². The third-order valence-corrected chi connectivity index (χ3v) is 4.12. The molecule has 0 amide bonds. The van der Waals surface area contributed by atoms with Gasteiger partial charge in [-0.2, -0.15) is 0 Å². The van der Waals surface area contributed by atoms with Crippen molar-refractivity contribution in [2.75, 3.05) is 7.11 Å². The van der Waals surface area contributed by atoms with E-state index >= 15 is 0 Å². The smallest absolute Gasteiger partial charge is 0.305 e. The molecule has 0 fully saturated rings. The van der Waals surface area contributed by atoms with Crippen LogP contribution in [-0.4, -0.2) is 24.0 Å². The van der Waals surface area contributed by atoms with E-state index in [1.807, 2.05) is 6.08 Å². The van der Waals surface area contributed by atoms with E-state index in [9.17, 15) is 14.7 Å². The SMILES string of the molecule is CCCCCCC/C=C/c1cc(O)ccc1C(=O)CCCC(=O)OC. The summed E-state index contributed by atoms with van der Waals surface area (Å²) < 4.78 is 4.58. The molecule has 0 aliphatic carbocycles. The molecule has 0 radical (unpaired) electrons. The van der Waals surface area contributed by atoms with Gasteiger partial charge in [-0.1, -0.05) is 44.8 Å². The zero-order chi connectivity index (χ0) is 18.5. The molecule has 138 valence electrons. The third kappa shape index (κ3) is 8.52. The third-order valence-electron chi connectivity index (χ3n) is 4.12. The highest BCUT2D eigenvalue weighted by atomic mass is 16.5. The number of Topliss-reactive ketones (excluding diaryl/α,β-unsaturated/α-hetero) is 1. The van der Waals surface area contributed by atoms with Gasteiger partial charge in [0, 0.05) is 18.4 Å². The second-order valence-corrected chi connectivity index (χ2v) is 6.23. The van der Waals surface area contributed by atoms with Crippen molar-refractivity contribution in [3.05, 3.63) is 35.4 Å². The first-order chi connectivity index (χ1) is 12.1. The molecule has 0 bridgehead atoms. The second-order valence-electron chi connectivity index (χ2n) is 6.23. The Kier molecular flexibility index (Phi) is 10.3. The number of aromatic hydroxyl groups is 1.